The van der Waals surface area contributed by atoms with E-state index in [1.165, 1.54) is 0 Å². The number of benzene rings is 1. The molecule has 2 unspecified atom stereocenters. The maximum Gasteiger partial charge on any atom is 0.308 e. The zero-order valence-corrected chi connectivity index (χ0v) is 8.72. The van der Waals surface area contributed by atoms with Crippen molar-refractivity contribution in [2.75, 3.05) is 6.54 Å². The molecule has 1 heterocycles. The number of hydrogen-bond acceptors (Lipinski definition) is 2. The first-order chi connectivity index (χ1) is 7.68. The number of amides is 1. The summed E-state index contributed by atoms with van der Waals surface area (Å²) in [6.07, 6.45) is 0.251. The number of nitrogens with one attached hydrogen (secondary N) is 1. The molecule has 1 aliphatic rings. The third kappa shape index (κ3) is 2.05. The second kappa shape index (κ2) is 4.35. The molecule has 2 atom stereocenters. The lowest BCUT2D eigenvalue weighted by molar-refractivity contribution is -0.144. The van der Waals surface area contributed by atoms with E-state index < -0.39 is 11.9 Å². The van der Waals surface area contributed by atoms with Gasteiger partial charge in [-0.25, -0.2) is 0 Å². The number of carbonyl (C=O) groups is 2. The summed E-state index contributed by atoms with van der Waals surface area (Å²) in [6, 6.07) is 9.35. The number of carboxylic acid groups (broad SMARTS) is 1. The van der Waals surface area contributed by atoms with E-state index in [2.05, 4.69) is 5.32 Å². The van der Waals surface area contributed by atoms with Gasteiger partial charge in [-0.15, -0.1) is 0 Å². The van der Waals surface area contributed by atoms with Crippen molar-refractivity contribution in [2.24, 2.45) is 5.92 Å². The smallest absolute Gasteiger partial charge is 0.308 e. The zero-order valence-electron chi connectivity index (χ0n) is 8.72. The van der Waals surface area contributed by atoms with Gasteiger partial charge in [-0.05, 0) is 5.56 Å². The highest BCUT2D eigenvalue weighted by Crippen LogP contribution is 2.30. The largest absolute Gasteiger partial charge is 0.481 e. The van der Waals surface area contributed by atoms with Crippen molar-refractivity contribution in [3.8, 4) is 0 Å². The molecule has 1 fully saturated rings. The quantitative estimate of drug-likeness (QED) is 0.779. The van der Waals surface area contributed by atoms with Crippen LogP contribution >= 0.6 is 0 Å². The molecular weight excluding hydrogens is 206 g/mol. The molecule has 0 aromatic heterocycles. The molecule has 2 N–H and O–H groups in total. The Morgan fingerprint density at radius 3 is 2.62 bits per heavy atom. The molecule has 1 aliphatic heterocycles. The van der Waals surface area contributed by atoms with Gasteiger partial charge in [-0.2, -0.15) is 0 Å². The van der Waals surface area contributed by atoms with Crippen molar-refractivity contribution in [1.29, 1.82) is 0 Å². The summed E-state index contributed by atoms with van der Waals surface area (Å²) in [5.74, 6) is -1.67. The van der Waals surface area contributed by atoms with Crippen LogP contribution in [0.3, 0.4) is 0 Å². The molecule has 1 aromatic carbocycles. The highest BCUT2D eigenvalue weighted by atomic mass is 16.4. The number of rotatable bonds is 2. The van der Waals surface area contributed by atoms with Crippen LogP contribution in [-0.2, 0) is 9.59 Å². The van der Waals surface area contributed by atoms with Crippen molar-refractivity contribution in [2.45, 2.75) is 12.3 Å². The fourth-order valence-electron chi connectivity index (χ4n) is 2.09. The molecule has 0 bridgehead atoms. The van der Waals surface area contributed by atoms with Crippen LogP contribution < -0.4 is 5.32 Å². The Bertz CT molecular complexity index is 402. The number of aliphatic carboxylic acids is 1. The molecule has 1 saturated heterocycles. The normalized spacial score (nSPS) is 24.9. The van der Waals surface area contributed by atoms with Gasteiger partial charge >= 0.3 is 5.97 Å². The predicted molar refractivity (Wildman–Crippen MR) is 57.9 cm³/mol. The van der Waals surface area contributed by atoms with E-state index >= 15 is 0 Å². The minimum absolute atomic E-state index is 0.0775. The molecular formula is C12H13NO3. The van der Waals surface area contributed by atoms with E-state index in [1.807, 2.05) is 30.3 Å². The number of carboxylic acids is 1. The Morgan fingerprint density at radius 1 is 1.31 bits per heavy atom. The summed E-state index contributed by atoms with van der Waals surface area (Å²) in [5, 5.41) is 11.7. The molecule has 2 rings (SSSR count). The highest BCUT2D eigenvalue weighted by Gasteiger charge is 2.34. The average Bonchev–Trinajstić information content (AvgIpc) is 2.29. The highest BCUT2D eigenvalue weighted by molar-refractivity contribution is 5.82. The standard InChI is InChI=1S/C12H13NO3/c14-11-6-9(8-4-2-1-3-5-8)10(7-13-11)12(15)16/h1-5,9-10H,6-7H2,(H,13,14)(H,15,16). The van der Waals surface area contributed by atoms with Gasteiger partial charge in [-0.1, -0.05) is 30.3 Å². The summed E-state index contributed by atoms with van der Waals surface area (Å²) in [7, 11) is 0. The first-order valence-corrected chi connectivity index (χ1v) is 5.23. The lowest BCUT2D eigenvalue weighted by Crippen LogP contribution is -2.43. The van der Waals surface area contributed by atoms with Crippen molar-refractivity contribution < 1.29 is 14.7 Å². The van der Waals surface area contributed by atoms with Crippen molar-refractivity contribution in [1.82, 2.24) is 5.32 Å². The van der Waals surface area contributed by atoms with Crippen LogP contribution in [0.5, 0.6) is 0 Å². The molecule has 84 valence electrons. The van der Waals surface area contributed by atoms with E-state index in [4.69, 9.17) is 5.11 Å². The number of piperidine rings is 1. The van der Waals surface area contributed by atoms with E-state index in [9.17, 15) is 9.59 Å². The molecule has 0 radical (unpaired) electrons. The van der Waals surface area contributed by atoms with E-state index in [0.717, 1.165) is 5.56 Å². The first-order valence-electron chi connectivity index (χ1n) is 5.23. The molecule has 0 spiro atoms. The van der Waals surface area contributed by atoms with Gasteiger partial charge in [0.25, 0.3) is 0 Å². The SMILES string of the molecule is O=C1CC(c2ccccc2)C(C(=O)O)CN1. The first kappa shape index (κ1) is 10.7. The van der Waals surface area contributed by atoms with E-state index in [-0.39, 0.29) is 24.8 Å². The predicted octanol–water partition coefficient (Wildman–Crippen LogP) is 0.991. The molecule has 1 amide bonds. The van der Waals surface area contributed by atoms with Crippen LogP contribution in [0, 0.1) is 5.92 Å². The summed E-state index contributed by atoms with van der Waals surface area (Å²) >= 11 is 0. The Morgan fingerprint density at radius 2 is 2.00 bits per heavy atom. The van der Waals surface area contributed by atoms with Gasteiger partial charge in [0.05, 0.1) is 5.92 Å². The van der Waals surface area contributed by atoms with Crippen molar-refractivity contribution >= 4 is 11.9 Å². The second-order valence-electron chi connectivity index (χ2n) is 3.97. The Labute approximate surface area is 93.3 Å². The van der Waals surface area contributed by atoms with Crippen LogP contribution in [0.25, 0.3) is 0 Å². The Hall–Kier alpha value is -1.84. The monoisotopic (exact) mass is 219 g/mol. The van der Waals surface area contributed by atoms with Crippen molar-refractivity contribution in [3.05, 3.63) is 35.9 Å². The lowest BCUT2D eigenvalue weighted by atomic mass is 9.81. The zero-order chi connectivity index (χ0) is 11.5. The van der Waals surface area contributed by atoms with Gasteiger partial charge in [0.1, 0.15) is 0 Å². The van der Waals surface area contributed by atoms with E-state index in [1.54, 1.807) is 0 Å². The second-order valence-corrected chi connectivity index (χ2v) is 3.97. The summed E-state index contributed by atoms with van der Waals surface area (Å²) in [6.45, 7) is 0.216. The maximum absolute atomic E-state index is 11.3. The fraction of sp³-hybridized carbons (Fsp3) is 0.333. The molecule has 4 heteroatoms. The molecule has 16 heavy (non-hydrogen) atoms. The molecule has 1 aromatic rings. The number of hydrogen-bond donors (Lipinski definition) is 2. The maximum atomic E-state index is 11.3. The van der Waals surface area contributed by atoms with Crippen LogP contribution in [0.4, 0.5) is 0 Å². The van der Waals surface area contributed by atoms with Gasteiger partial charge in [-0.3, -0.25) is 9.59 Å². The average molecular weight is 219 g/mol. The van der Waals surface area contributed by atoms with Gasteiger partial charge in [0.15, 0.2) is 0 Å². The summed E-state index contributed by atoms with van der Waals surface area (Å²) in [4.78, 5) is 22.4. The minimum atomic E-state index is -0.853. The molecule has 0 aliphatic carbocycles. The van der Waals surface area contributed by atoms with Gasteiger partial charge in [0, 0.05) is 18.9 Å². The topological polar surface area (TPSA) is 66.4 Å². The Kier molecular flexibility index (Phi) is 2.90. The van der Waals surface area contributed by atoms with Gasteiger partial charge < -0.3 is 10.4 Å². The van der Waals surface area contributed by atoms with Crippen LogP contribution in [0.2, 0.25) is 0 Å². The van der Waals surface area contributed by atoms with Crippen LogP contribution in [-0.4, -0.2) is 23.5 Å². The fourth-order valence-corrected chi connectivity index (χ4v) is 2.09. The summed E-state index contributed by atoms with van der Waals surface area (Å²) in [5.41, 5.74) is 0.921. The van der Waals surface area contributed by atoms with Crippen LogP contribution in [0.1, 0.15) is 17.9 Å². The Balaban J connectivity index is 2.27. The molecule has 4 nitrogen and oxygen atoms in total. The third-order valence-electron chi connectivity index (χ3n) is 2.96. The van der Waals surface area contributed by atoms with E-state index in [0.29, 0.717) is 0 Å². The lowest BCUT2D eigenvalue weighted by Gasteiger charge is -2.28. The van der Waals surface area contributed by atoms with Gasteiger partial charge in [0.2, 0.25) is 5.91 Å². The van der Waals surface area contributed by atoms with Crippen LogP contribution in [0.15, 0.2) is 30.3 Å². The summed E-state index contributed by atoms with van der Waals surface area (Å²) < 4.78 is 0. The van der Waals surface area contributed by atoms with Crippen molar-refractivity contribution in [3.63, 3.8) is 0 Å². The third-order valence-corrected chi connectivity index (χ3v) is 2.96. The number of carbonyl (C=O) groups excluding carboxylic acids is 1. The molecule has 0 saturated carbocycles. The minimum Gasteiger partial charge on any atom is -0.481 e.